The highest BCUT2D eigenvalue weighted by molar-refractivity contribution is 5.79. The van der Waals surface area contributed by atoms with Gasteiger partial charge in [0.2, 0.25) is 11.8 Å². The first-order valence-corrected chi connectivity index (χ1v) is 10.1. The van der Waals surface area contributed by atoms with Crippen LogP contribution in [-0.4, -0.2) is 68.0 Å². The van der Waals surface area contributed by atoms with E-state index in [4.69, 9.17) is 4.74 Å². The third-order valence-corrected chi connectivity index (χ3v) is 5.64. The third-order valence-electron chi connectivity index (χ3n) is 5.64. The number of rotatable bonds is 5. The number of carbonyl (C=O) groups excluding carboxylic acids is 2. The first-order valence-electron chi connectivity index (χ1n) is 10.1. The Morgan fingerprint density at radius 2 is 1.70 bits per heavy atom. The van der Waals surface area contributed by atoms with Crippen LogP contribution in [0.25, 0.3) is 0 Å². The van der Waals surface area contributed by atoms with E-state index in [9.17, 15) is 9.59 Å². The third kappa shape index (κ3) is 5.45. The number of piperidine rings is 1. The summed E-state index contributed by atoms with van der Waals surface area (Å²) in [4.78, 5) is 29.3. The van der Waals surface area contributed by atoms with E-state index >= 15 is 0 Å². The molecule has 0 unspecified atom stereocenters. The fraction of sp³-hybridized carbons (Fsp3) is 0.619. The maximum absolute atomic E-state index is 12.7. The first-order chi connectivity index (χ1) is 13.2. The van der Waals surface area contributed by atoms with E-state index in [1.165, 1.54) is 0 Å². The molecule has 0 saturated carbocycles. The second kappa shape index (κ2) is 9.74. The Bertz CT molecular complexity index is 626. The smallest absolute Gasteiger partial charge is 0.225 e. The Balaban J connectivity index is 1.46. The molecule has 148 valence electrons. The lowest BCUT2D eigenvalue weighted by atomic mass is 9.96. The van der Waals surface area contributed by atoms with Gasteiger partial charge in [-0.1, -0.05) is 12.1 Å². The van der Waals surface area contributed by atoms with Crippen LogP contribution in [-0.2, 0) is 16.0 Å². The summed E-state index contributed by atoms with van der Waals surface area (Å²) < 4.78 is 5.17. The fourth-order valence-corrected chi connectivity index (χ4v) is 3.92. The number of methoxy groups -OCH3 is 1. The number of hydrogen-bond acceptors (Lipinski definition) is 4. The average molecular weight is 373 g/mol. The van der Waals surface area contributed by atoms with E-state index in [0.29, 0.717) is 19.5 Å². The van der Waals surface area contributed by atoms with E-state index in [0.717, 1.165) is 63.2 Å². The van der Waals surface area contributed by atoms with Crippen LogP contribution in [0.3, 0.4) is 0 Å². The molecule has 0 bridgehead atoms. The van der Waals surface area contributed by atoms with Crippen LogP contribution in [0.1, 0.15) is 31.2 Å². The highest BCUT2D eigenvalue weighted by atomic mass is 16.5. The van der Waals surface area contributed by atoms with Gasteiger partial charge >= 0.3 is 0 Å². The van der Waals surface area contributed by atoms with Crippen molar-refractivity contribution in [1.29, 1.82) is 0 Å². The number of aryl methyl sites for hydroxylation is 1. The fourth-order valence-electron chi connectivity index (χ4n) is 3.92. The summed E-state index contributed by atoms with van der Waals surface area (Å²) in [6.45, 7) is 4.69. The van der Waals surface area contributed by atoms with Crippen molar-refractivity contribution < 1.29 is 14.3 Å². The summed E-state index contributed by atoms with van der Waals surface area (Å²) in [6, 6.07) is 7.87. The van der Waals surface area contributed by atoms with Crippen molar-refractivity contribution in [3.8, 4) is 5.75 Å². The molecule has 2 fully saturated rings. The summed E-state index contributed by atoms with van der Waals surface area (Å²) in [5.41, 5.74) is 1.14. The topological polar surface area (TPSA) is 61.9 Å². The predicted molar refractivity (Wildman–Crippen MR) is 105 cm³/mol. The molecule has 1 aromatic rings. The summed E-state index contributed by atoms with van der Waals surface area (Å²) >= 11 is 0. The van der Waals surface area contributed by atoms with Crippen LogP contribution in [0.4, 0.5) is 0 Å². The minimum atomic E-state index is 0.156. The number of nitrogens with zero attached hydrogens (tertiary/aromatic N) is 2. The van der Waals surface area contributed by atoms with Gasteiger partial charge in [-0.15, -0.1) is 0 Å². The number of benzene rings is 1. The van der Waals surface area contributed by atoms with Crippen molar-refractivity contribution >= 4 is 11.8 Å². The zero-order valence-corrected chi connectivity index (χ0v) is 16.3. The molecule has 0 spiro atoms. The maximum atomic E-state index is 12.7. The SMILES string of the molecule is COc1ccc(CCC(=O)N2CCCN(C(=O)C3CCNCC3)CC2)cc1. The van der Waals surface area contributed by atoms with Crippen LogP contribution >= 0.6 is 0 Å². The molecule has 1 N–H and O–H groups in total. The Hall–Kier alpha value is -2.08. The number of amides is 2. The maximum Gasteiger partial charge on any atom is 0.225 e. The van der Waals surface area contributed by atoms with E-state index in [2.05, 4.69) is 5.32 Å². The number of ether oxygens (including phenoxy) is 1. The van der Waals surface area contributed by atoms with Gasteiger partial charge in [0.05, 0.1) is 7.11 Å². The summed E-state index contributed by atoms with van der Waals surface area (Å²) in [5, 5.41) is 3.31. The molecular formula is C21H31N3O3. The molecule has 6 heteroatoms. The lowest BCUT2D eigenvalue weighted by Gasteiger charge is -2.28. The predicted octanol–water partition coefficient (Wildman–Crippen LogP) is 1.69. The molecule has 1 aromatic carbocycles. The standard InChI is InChI=1S/C21H31N3O3/c1-27-19-6-3-17(4-7-19)5-8-20(25)23-13-2-14-24(16-15-23)21(26)18-9-11-22-12-10-18/h3-4,6-7,18,22H,2,5,8-16H2,1H3. The van der Waals surface area contributed by atoms with Crippen LogP contribution in [0, 0.1) is 5.92 Å². The summed E-state index contributed by atoms with van der Waals surface area (Å²) in [7, 11) is 1.65. The number of hydrogen-bond donors (Lipinski definition) is 1. The number of carbonyl (C=O) groups is 2. The van der Waals surface area contributed by atoms with Gasteiger partial charge in [0.15, 0.2) is 0 Å². The summed E-state index contributed by atoms with van der Waals surface area (Å²) in [6.07, 6.45) is 3.97. The van der Waals surface area contributed by atoms with Crippen LogP contribution < -0.4 is 10.1 Å². The van der Waals surface area contributed by atoms with E-state index < -0.39 is 0 Å². The van der Waals surface area contributed by atoms with Crippen molar-refractivity contribution in [1.82, 2.24) is 15.1 Å². The quantitative estimate of drug-likeness (QED) is 0.853. The van der Waals surface area contributed by atoms with Gasteiger partial charge in [-0.05, 0) is 56.5 Å². The number of nitrogens with one attached hydrogen (secondary N) is 1. The molecule has 2 amide bonds. The monoisotopic (exact) mass is 373 g/mol. The zero-order chi connectivity index (χ0) is 19.1. The van der Waals surface area contributed by atoms with Gasteiger partial charge in [-0.2, -0.15) is 0 Å². The molecule has 2 aliphatic rings. The first kappa shape index (κ1) is 19.7. The summed E-state index contributed by atoms with van der Waals surface area (Å²) in [5.74, 6) is 1.45. The molecule has 6 nitrogen and oxygen atoms in total. The van der Waals surface area contributed by atoms with E-state index in [-0.39, 0.29) is 17.7 Å². The van der Waals surface area contributed by atoms with E-state index in [1.807, 2.05) is 34.1 Å². The van der Waals surface area contributed by atoms with E-state index in [1.54, 1.807) is 7.11 Å². The van der Waals surface area contributed by atoms with Gasteiger partial charge in [0, 0.05) is 38.5 Å². The van der Waals surface area contributed by atoms with Crippen LogP contribution in [0.15, 0.2) is 24.3 Å². The minimum Gasteiger partial charge on any atom is -0.497 e. The van der Waals surface area contributed by atoms with Crippen molar-refractivity contribution in [3.05, 3.63) is 29.8 Å². The van der Waals surface area contributed by atoms with Gasteiger partial charge in [0.1, 0.15) is 5.75 Å². The molecule has 0 atom stereocenters. The van der Waals surface area contributed by atoms with Gasteiger partial charge < -0.3 is 19.9 Å². The van der Waals surface area contributed by atoms with Crippen molar-refractivity contribution in [3.63, 3.8) is 0 Å². The van der Waals surface area contributed by atoms with Crippen LogP contribution in [0.2, 0.25) is 0 Å². The Kier molecular flexibility index (Phi) is 7.10. The lowest BCUT2D eigenvalue weighted by Crippen LogP contribution is -2.43. The second-order valence-electron chi connectivity index (χ2n) is 7.43. The zero-order valence-electron chi connectivity index (χ0n) is 16.3. The molecule has 27 heavy (non-hydrogen) atoms. The Morgan fingerprint density at radius 3 is 2.41 bits per heavy atom. The van der Waals surface area contributed by atoms with Gasteiger partial charge in [-0.3, -0.25) is 9.59 Å². The molecule has 2 aliphatic heterocycles. The van der Waals surface area contributed by atoms with Crippen molar-refractivity contribution in [2.45, 2.75) is 32.1 Å². The molecule has 2 heterocycles. The normalized spacial score (nSPS) is 18.9. The molecule has 0 aromatic heterocycles. The highest BCUT2D eigenvalue weighted by Crippen LogP contribution is 2.17. The molecular weight excluding hydrogens is 342 g/mol. The van der Waals surface area contributed by atoms with Crippen LogP contribution in [0.5, 0.6) is 5.75 Å². The molecule has 3 rings (SSSR count). The minimum absolute atomic E-state index is 0.156. The second-order valence-corrected chi connectivity index (χ2v) is 7.43. The van der Waals surface area contributed by atoms with Crippen molar-refractivity contribution in [2.24, 2.45) is 5.92 Å². The largest absolute Gasteiger partial charge is 0.497 e. The molecule has 2 saturated heterocycles. The lowest BCUT2D eigenvalue weighted by molar-refractivity contribution is -0.137. The average Bonchev–Trinajstić information content (AvgIpc) is 2.99. The highest BCUT2D eigenvalue weighted by Gasteiger charge is 2.28. The van der Waals surface area contributed by atoms with Gasteiger partial charge in [0.25, 0.3) is 0 Å². The van der Waals surface area contributed by atoms with Crippen molar-refractivity contribution in [2.75, 3.05) is 46.4 Å². The molecule has 0 radical (unpaired) electrons. The van der Waals surface area contributed by atoms with Gasteiger partial charge in [-0.25, -0.2) is 0 Å². The molecule has 0 aliphatic carbocycles. The Morgan fingerprint density at radius 1 is 1.04 bits per heavy atom. The Labute approximate surface area is 161 Å².